The summed E-state index contributed by atoms with van der Waals surface area (Å²) in [4.78, 5) is 32.4. The lowest BCUT2D eigenvalue weighted by Crippen LogP contribution is -1.91. The molecule has 2 aromatic rings. The molecule has 0 aromatic carbocycles. The van der Waals surface area contributed by atoms with Crippen molar-refractivity contribution in [2.75, 3.05) is 0 Å². The fraction of sp³-hybridized carbons (Fsp3) is 0.0909. The number of aryl methyl sites for hydroxylation is 1. The number of carbonyl (C=O) groups excluding carboxylic acids is 1. The summed E-state index contributed by atoms with van der Waals surface area (Å²) in [6.07, 6.45) is 2.90. The number of aromatic carboxylic acids is 1. The van der Waals surface area contributed by atoms with Crippen molar-refractivity contribution < 1.29 is 14.7 Å². The molecule has 0 fully saturated rings. The van der Waals surface area contributed by atoms with Crippen molar-refractivity contribution in [1.82, 2.24) is 9.97 Å². The fourth-order valence-electron chi connectivity index (χ4n) is 1.33. The number of carboxylic acids is 1. The molecule has 0 saturated heterocycles. The Balaban J connectivity index is 2.56. The zero-order chi connectivity index (χ0) is 13.1. The van der Waals surface area contributed by atoms with E-state index < -0.39 is 5.97 Å². The normalized spacial score (nSPS) is 9.83. The Morgan fingerprint density at radius 1 is 1.56 bits per heavy atom. The number of thiazole rings is 1. The van der Waals surface area contributed by atoms with Crippen molar-refractivity contribution in [2.24, 2.45) is 4.99 Å². The van der Waals surface area contributed by atoms with Crippen molar-refractivity contribution in [3.8, 4) is 10.7 Å². The van der Waals surface area contributed by atoms with Gasteiger partial charge in [-0.3, -0.25) is 4.98 Å². The third kappa shape index (κ3) is 2.32. The molecule has 18 heavy (non-hydrogen) atoms. The highest BCUT2D eigenvalue weighted by atomic mass is 32.1. The Bertz CT molecular complexity index is 640. The molecule has 0 aliphatic rings. The molecule has 0 spiro atoms. The van der Waals surface area contributed by atoms with Crippen molar-refractivity contribution in [1.29, 1.82) is 0 Å². The van der Waals surface area contributed by atoms with Crippen molar-refractivity contribution >= 4 is 29.2 Å². The van der Waals surface area contributed by atoms with E-state index in [9.17, 15) is 9.59 Å². The maximum atomic E-state index is 11.0. The van der Waals surface area contributed by atoms with E-state index in [4.69, 9.17) is 5.11 Å². The van der Waals surface area contributed by atoms with Crippen LogP contribution < -0.4 is 0 Å². The predicted octanol–water partition coefficient (Wildman–Crippen LogP) is 2.18. The number of hydrogen-bond donors (Lipinski definition) is 1. The second kappa shape index (κ2) is 4.87. The topological polar surface area (TPSA) is 92.5 Å². The zero-order valence-electron chi connectivity index (χ0n) is 9.25. The molecule has 0 saturated carbocycles. The molecule has 2 aromatic heterocycles. The van der Waals surface area contributed by atoms with Gasteiger partial charge in [-0.2, -0.15) is 0 Å². The van der Waals surface area contributed by atoms with Gasteiger partial charge >= 0.3 is 5.97 Å². The number of nitrogens with zero attached hydrogens (tertiary/aromatic N) is 3. The van der Waals surface area contributed by atoms with E-state index in [1.165, 1.54) is 6.08 Å². The Labute approximate surface area is 106 Å². The third-order valence-corrected chi connectivity index (χ3v) is 3.14. The molecular weight excluding hydrogens is 254 g/mol. The zero-order valence-corrected chi connectivity index (χ0v) is 10.1. The van der Waals surface area contributed by atoms with Crippen LogP contribution in [0.15, 0.2) is 23.3 Å². The highest BCUT2D eigenvalue weighted by Crippen LogP contribution is 2.31. The number of aliphatic imine (C=N–C) groups is 1. The van der Waals surface area contributed by atoms with Crippen LogP contribution in [0.3, 0.4) is 0 Å². The van der Waals surface area contributed by atoms with Gasteiger partial charge in [0.15, 0.2) is 10.7 Å². The third-order valence-electron chi connectivity index (χ3n) is 2.09. The Kier molecular flexibility index (Phi) is 3.27. The average molecular weight is 261 g/mol. The smallest absolute Gasteiger partial charge is 0.349 e. The SMILES string of the molecule is Cc1ccnc(-c2nc(N=C=O)c(C(=O)O)s2)c1. The van der Waals surface area contributed by atoms with Crippen LogP contribution in [-0.4, -0.2) is 27.1 Å². The van der Waals surface area contributed by atoms with Crippen molar-refractivity contribution in [3.05, 3.63) is 28.8 Å². The highest BCUT2D eigenvalue weighted by Gasteiger charge is 2.18. The molecule has 0 radical (unpaired) electrons. The molecular formula is C11H7N3O3S. The monoisotopic (exact) mass is 261 g/mol. The van der Waals surface area contributed by atoms with Gasteiger partial charge in [-0.05, 0) is 24.6 Å². The van der Waals surface area contributed by atoms with E-state index in [1.54, 1.807) is 12.3 Å². The molecule has 0 unspecified atom stereocenters. The van der Waals surface area contributed by atoms with Gasteiger partial charge in [0.1, 0.15) is 5.01 Å². The predicted molar refractivity (Wildman–Crippen MR) is 64.8 cm³/mol. The molecule has 90 valence electrons. The van der Waals surface area contributed by atoms with Crippen LogP contribution in [0.25, 0.3) is 10.7 Å². The maximum Gasteiger partial charge on any atom is 0.349 e. The summed E-state index contributed by atoms with van der Waals surface area (Å²) in [5.74, 6) is -1.32. The standard InChI is InChI=1S/C11H7N3O3S/c1-6-2-3-12-7(4-6)10-14-9(13-5-15)8(18-10)11(16)17/h2-4H,1H3,(H,16,17). The second-order valence-corrected chi connectivity index (χ2v) is 4.40. The Morgan fingerprint density at radius 2 is 2.33 bits per heavy atom. The van der Waals surface area contributed by atoms with Gasteiger partial charge in [-0.15, -0.1) is 16.3 Å². The van der Waals surface area contributed by atoms with E-state index in [0.29, 0.717) is 10.7 Å². The first-order valence-corrected chi connectivity index (χ1v) is 5.68. The van der Waals surface area contributed by atoms with E-state index in [-0.39, 0.29) is 10.7 Å². The molecule has 6 nitrogen and oxygen atoms in total. The summed E-state index contributed by atoms with van der Waals surface area (Å²) >= 11 is 0.924. The highest BCUT2D eigenvalue weighted by molar-refractivity contribution is 7.17. The van der Waals surface area contributed by atoms with Crippen LogP contribution in [-0.2, 0) is 4.79 Å². The van der Waals surface area contributed by atoms with Crippen LogP contribution in [0.4, 0.5) is 5.82 Å². The second-order valence-electron chi connectivity index (χ2n) is 3.40. The molecule has 2 rings (SSSR count). The number of carboxylic acid groups (broad SMARTS) is 1. The minimum Gasteiger partial charge on any atom is -0.477 e. The molecule has 0 bridgehead atoms. The number of rotatable bonds is 3. The van der Waals surface area contributed by atoms with Gasteiger partial charge in [0.25, 0.3) is 0 Å². The molecule has 0 aliphatic carbocycles. The lowest BCUT2D eigenvalue weighted by Gasteiger charge is -1.95. The van der Waals surface area contributed by atoms with E-state index in [1.807, 2.05) is 13.0 Å². The Morgan fingerprint density at radius 3 is 2.94 bits per heavy atom. The van der Waals surface area contributed by atoms with Crippen LogP contribution in [0, 0.1) is 6.92 Å². The summed E-state index contributed by atoms with van der Waals surface area (Å²) in [5.41, 5.74) is 1.53. The maximum absolute atomic E-state index is 11.0. The van der Waals surface area contributed by atoms with Crippen LogP contribution in [0.5, 0.6) is 0 Å². The van der Waals surface area contributed by atoms with E-state index >= 15 is 0 Å². The molecule has 0 atom stereocenters. The minimum absolute atomic E-state index is 0.100. The number of isocyanates is 1. The number of hydrogen-bond acceptors (Lipinski definition) is 6. The van der Waals surface area contributed by atoms with Gasteiger partial charge in [-0.1, -0.05) is 0 Å². The molecule has 0 aliphatic heterocycles. The quantitative estimate of drug-likeness (QED) is 0.675. The lowest BCUT2D eigenvalue weighted by molar-refractivity contribution is 0.0703. The summed E-state index contributed by atoms with van der Waals surface area (Å²) in [5, 5.41) is 9.37. The number of aromatic nitrogens is 2. The Hall–Kier alpha value is -2.37. The summed E-state index contributed by atoms with van der Waals surface area (Å²) < 4.78 is 0. The van der Waals surface area contributed by atoms with E-state index in [2.05, 4.69) is 15.0 Å². The molecule has 1 N–H and O–H groups in total. The van der Waals surface area contributed by atoms with E-state index in [0.717, 1.165) is 16.9 Å². The van der Waals surface area contributed by atoms with Crippen LogP contribution >= 0.6 is 11.3 Å². The molecule has 7 heteroatoms. The van der Waals surface area contributed by atoms with Gasteiger partial charge in [0.2, 0.25) is 6.08 Å². The average Bonchev–Trinajstić information content (AvgIpc) is 2.74. The minimum atomic E-state index is -1.18. The summed E-state index contributed by atoms with van der Waals surface area (Å²) in [6.45, 7) is 1.89. The van der Waals surface area contributed by atoms with Crippen molar-refractivity contribution in [2.45, 2.75) is 6.92 Å². The summed E-state index contributed by atoms with van der Waals surface area (Å²) in [6, 6.07) is 3.60. The number of carbonyl (C=O) groups is 1. The lowest BCUT2D eigenvalue weighted by atomic mass is 10.2. The van der Waals surface area contributed by atoms with Gasteiger partial charge < -0.3 is 5.11 Å². The first-order valence-electron chi connectivity index (χ1n) is 4.87. The van der Waals surface area contributed by atoms with Gasteiger partial charge in [0.05, 0.1) is 5.69 Å². The van der Waals surface area contributed by atoms with Gasteiger partial charge in [-0.25, -0.2) is 14.6 Å². The largest absolute Gasteiger partial charge is 0.477 e. The first kappa shape index (κ1) is 12.1. The number of pyridine rings is 1. The van der Waals surface area contributed by atoms with Crippen molar-refractivity contribution in [3.63, 3.8) is 0 Å². The molecule has 0 amide bonds. The van der Waals surface area contributed by atoms with Gasteiger partial charge in [0, 0.05) is 6.20 Å². The molecule has 2 heterocycles. The summed E-state index contributed by atoms with van der Waals surface area (Å²) in [7, 11) is 0. The fourth-order valence-corrected chi connectivity index (χ4v) is 2.14. The van der Waals surface area contributed by atoms with Crippen LogP contribution in [0.2, 0.25) is 0 Å². The first-order chi connectivity index (χ1) is 8.61. The van der Waals surface area contributed by atoms with Crippen LogP contribution in [0.1, 0.15) is 15.2 Å².